The largest absolute Gasteiger partial charge is 0.368 e. The van der Waals surface area contributed by atoms with Crippen LogP contribution in [0.5, 0.6) is 0 Å². The maximum atomic E-state index is 5.80. The van der Waals surface area contributed by atoms with Crippen molar-refractivity contribution in [1.82, 2.24) is 14.9 Å². The Bertz CT molecular complexity index is 589. The van der Waals surface area contributed by atoms with Crippen LogP contribution in [0.15, 0.2) is 6.07 Å². The van der Waals surface area contributed by atoms with E-state index in [9.17, 15) is 0 Å². The van der Waals surface area contributed by atoms with Crippen molar-refractivity contribution in [3.8, 4) is 0 Å². The lowest BCUT2D eigenvalue weighted by molar-refractivity contribution is 0.352. The minimum atomic E-state index is 0.352. The first-order valence-electron chi connectivity index (χ1n) is 7.28. The molecular weight excluding hydrogens is 270 g/mol. The number of fused-ring (bicyclic) bond motifs is 1. The van der Waals surface area contributed by atoms with Gasteiger partial charge in [-0.2, -0.15) is 4.98 Å². The summed E-state index contributed by atoms with van der Waals surface area (Å²) in [5.41, 5.74) is 5.80. The number of likely N-dealkylation sites (tertiary alicyclic amines) is 1. The molecule has 2 aromatic rings. The summed E-state index contributed by atoms with van der Waals surface area (Å²) in [5, 5.41) is 4.53. The number of hydrogen-bond acceptors (Lipinski definition) is 6. The van der Waals surface area contributed by atoms with Crippen molar-refractivity contribution in [3.05, 3.63) is 10.9 Å². The van der Waals surface area contributed by atoms with Crippen molar-refractivity contribution in [1.29, 1.82) is 0 Å². The van der Waals surface area contributed by atoms with Crippen LogP contribution in [-0.2, 0) is 6.42 Å². The number of nitrogens with two attached hydrogens (primary N) is 1. The third kappa shape index (κ3) is 2.86. The van der Waals surface area contributed by atoms with E-state index in [1.165, 1.54) is 30.8 Å². The molecule has 108 valence electrons. The van der Waals surface area contributed by atoms with Gasteiger partial charge in [-0.1, -0.05) is 6.92 Å². The van der Waals surface area contributed by atoms with Gasteiger partial charge in [0.05, 0.1) is 5.39 Å². The molecule has 0 saturated carbocycles. The first kappa shape index (κ1) is 13.6. The SMILES string of the molecule is CCc1cc2c(NCCN3CCCC3)nc(N)nc2s1. The Labute approximate surface area is 123 Å². The van der Waals surface area contributed by atoms with Crippen molar-refractivity contribution >= 4 is 33.3 Å². The fourth-order valence-electron chi connectivity index (χ4n) is 2.64. The molecule has 0 spiro atoms. The average Bonchev–Trinajstić information content (AvgIpc) is 3.06. The Balaban J connectivity index is 1.73. The molecule has 1 aliphatic heterocycles. The van der Waals surface area contributed by atoms with Gasteiger partial charge in [-0.25, -0.2) is 4.98 Å². The highest BCUT2D eigenvalue weighted by atomic mass is 32.1. The van der Waals surface area contributed by atoms with Crippen LogP contribution in [0.25, 0.3) is 10.2 Å². The lowest BCUT2D eigenvalue weighted by Crippen LogP contribution is -2.26. The minimum Gasteiger partial charge on any atom is -0.368 e. The molecule has 1 saturated heterocycles. The van der Waals surface area contributed by atoms with E-state index in [1.807, 2.05) is 0 Å². The van der Waals surface area contributed by atoms with Crippen LogP contribution in [0.1, 0.15) is 24.6 Å². The Morgan fingerprint density at radius 1 is 1.35 bits per heavy atom. The van der Waals surface area contributed by atoms with Crippen LogP contribution in [0, 0.1) is 0 Å². The molecule has 0 radical (unpaired) electrons. The molecule has 0 amide bonds. The van der Waals surface area contributed by atoms with Gasteiger partial charge in [-0.05, 0) is 38.4 Å². The van der Waals surface area contributed by atoms with E-state index < -0.39 is 0 Å². The van der Waals surface area contributed by atoms with Crippen LogP contribution in [0.2, 0.25) is 0 Å². The zero-order valence-electron chi connectivity index (χ0n) is 11.9. The van der Waals surface area contributed by atoms with Gasteiger partial charge >= 0.3 is 0 Å². The second-order valence-corrected chi connectivity index (χ2v) is 6.31. The minimum absolute atomic E-state index is 0.352. The fourth-order valence-corrected chi connectivity index (χ4v) is 3.61. The summed E-state index contributed by atoms with van der Waals surface area (Å²) in [6, 6.07) is 2.18. The summed E-state index contributed by atoms with van der Waals surface area (Å²) in [7, 11) is 0. The molecular formula is C14H21N5S. The molecule has 0 aliphatic carbocycles. The molecule has 3 heterocycles. The second kappa shape index (κ2) is 5.93. The number of anilines is 2. The number of hydrogen-bond donors (Lipinski definition) is 2. The Kier molecular flexibility index (Phi) is 4.03. The monoisotopic (exact) mass is 291 g/mol. The number of rotatable bonds is 5. The first-order chi connectivity index (χ1) is 9.76. The van der Waals surface area contributed by atoms with Crippen LogP contribution < -0.4 is 11.1 Å². The number of nitrogen functional groups attached to an aromatic ring is 1. The molecule has 0 unspecified atom stereocenters. The van der Waals surface area contributed by atoms with Gasteiger partial charge < -0.3 is 16.0 Å². The Morgan fingerprint density at radius 3 is 2.90 bits per heavy atom. The van der Waals surface area contributed by atoms with Crippen LogP contribution >= 0.6 is 11.3 Å². The summed E-state index contributed by atoms with van der Waals surface area (Å²) in [6.07, 6.45) is 3.68. The normalized spacial score (nSPS) is 16.1. The molecule has 1 aliphatic rings. The van der Waals surface area contributed by atoms with Gasteiger partial charge in [0.1, 0.15) is 10.6 Å². The molecule has 1 fully saturated rings. The van der Waals surface area contributed by atoms with Crippen molar-refractivity contribution in [3.63, 3.8) is 0 Å². The maximum Gasteiger partial charge on any atom is 0.223 e. The topological polar surface area (TPSA) is 67.1 Å². The summed E-state index contributed by atoms with van der Waals surface area (Å²) in [6.45, 7) is 6.57. The van der Waals surface area contributed by atoms with Gasteiger partial charge in [0.15, 0.2) is 0 Å². The van der Waals surface area contributed by atoms with Crippen molar-refractivity contribution in [2.45, 2.75) is 26.2 Å². The van der Waals surface area contributed by atoms with E-state index in [2.05, 4.69) is 33.2 Å². The van der Waals surface area contributed by atoms with E-state index in [1.54, 1.807) is 11.3 Å². The second-order valence-electron chi connectivity index (χ2n) is 5.19. The molecule has 0 atom stereocenters. The average molecular weight is 291 g/mol. The summed E-state index contributed by atoms with van der Waals surface area (Å²) >= 11 is 1.70. The van der Waals surface area contributed by atoms with Crippen LogP contribution in [0.4, 0.5) is 11.8 Å². The molecule has 3 rings (SSSR count). The van der Waals surface area contributed by atoms with E-state index in [0.29, 0.717) is 5.95 Å². The highest BCUT2D eigenvalue weighted by Gasteiger charge is 2.12. The third-order valence-corrected chi connectivity index (χ3v) is 4.90. The Morgan fingerprint density at radius 2 is 2.15 bits per heavy atom. The zero-order chi connectivity index (χ0) is 13.9. The van der Waals surface area contributed by atoms with E-state index in [0.717, 1.165) is 35.5 Å². The van der Waals surface area contributed by atoms with Gasteiger partial charge in [-0.15, -0.1) is 11.3 Å². The van der Waals surface area contributed by atoms with E-state index in [4.69, 9.17) is 5.73 Å². The highest BCUT2D eigenvalue weighted by molar-refractivity contribution is 7.18. The number of nitrogens with one attached hydrogen (secondary N) is 1. The standard InChI is InChI=1S/C14H21N5S/c1-2-10-9-11-12(17-14(15)18-13(11)20-10)16-5-8-19-6-3-4-7-19/h9H,2-8H2,1H3,(H3,15,16,17,18). The molecule has 0 aromatic carbocycles. The molecule has 5 nitrogen and oxygen atoms in total. The van der Waals surface area contributed by atoms with Gasteiger partial charge in [0.2, 0.25) is 5.95 Å². The molecule has 20 heavy (non-hydrogen) atoms. The summed E-state index contributed by atoms with van der Waals surface area (Å²) in [4.78, 5) is 13.5. The van der Waals surface area contributed by atoms with Crippen LogP contribution in [-0.4, -0.2) is 41.0 Å². The predicted molar refractivity (Wildman–Crippen MR) is 85.4 cm³/mol. The lowest BCUT2D eigenvalue weighted by atomic mass is 10.3. The van der Waals surface area contributed by atoms with Gasteiger partial charge in [0.25, 0.3) is 0 Å². The number of aromatic nitrogens is 2. The molecule has 6 heteroatoms. The van der Waals surface area contributed by atoms with E-state index >= 15 is 0 Å². The Hall–Kier alpha value is -1.40. The number of nitrogens with zero attached hydrogens (tertiary/aromatic N) is 3. The van der Waals surface area contributed by atoms with Crippen molar-refractivity contribution in [2.75, 3.05) is 37.2 Å². The van der Waals surface area contributed by atoms with E-state index in [-0.39, 0.29) is 0 Å². The highest BCUT2D eigenvalue weighted by Crippen LogP contribution is 2.29. The van der Waals surface area contributed by atoms with Crippen molar-refractivity contribution < 1.29 is 0 Å². The first-order valence-corrected chi connectivity index (χ1v) is 8.10. The lowest BCUT2D eigenvalue weighted by Gasteiger charge is -2.15. The van der Waals surface area contributed by atoms with Gasteiger partial charge in [0, 0.05) is 18.0 Å². The molecule has 3 N–H and O–H groups in total. The number of aryl methyl sites for hydroxylation is 1. The smallest absolute Gasteiger partial charge is 0.223 e. The summed E-state index contributed by atoms with van der Waals surface area (Å²) < 4.78 is 0. The van der Waals surface area contributed by atoms with Crippen LogP contribution in [0.3, 0.4) is 0 Å². The summed E-state index contributed by atoms with van der Waals surface area (Å²) in [5.74, 6) is 1.23. The predicted octanol–water partition coefficient (Wildman–Crippen LogP) is 2.34. The maximum absolute atomic E-state index is 5.80. The third-order valence-electron chi connectivity index (χ3n) is 3.73. The molecule has 0 bridgehead atoms. The zero-order valence-corrected chi connectivity index (χ0v) is 12.7. The van der Waals surface area contributed by atoms with Crippen molar-refractivity contribution in [2.24, 2.45) is 0 Å². The fraction of sp³-hybridized carbons (Fsp3) is 0.571. The molecule has 2 aromatic heterocycles. The number of thiophene rings is 1. The van der Waals surface area contributed by atoms with Gasteiger partial charge in [-0.3, -0.25) is 0 Å². The quantitative estimate of drug-likeness (QED) is 0.885.